The number of aromatic carboxylic acids is 1. The van der Waals surface area contributed by atoms with Gasteiger partial charge in [0.05, 0.1) is 0 Å². The molecule has 2 N–H and O–H groups in total. The smallest absolute Gasteiger partial charge is 0.359 e. The first-order valence-corrected chi connectivity index (χ1v) is 9.74. The number of piperidine rings is 1. The Hall–Kier alpha value is -2.02. The van der Waals surface area contributed by atoms with Crippen LogP contribution in [0.15, 0.2) is 29.3 Å². The molecule has 1 aliphatic heterocycles. The Labute approximate surface area is 151 Å². The standard InChI is InChI=1S/C18H22N4O2S/c23-18(24)16-17(20-21-19-16)25-15-10-13(11-15)12-4-6-14(7-5-12)22-8-2-1-3-9-22/h4-7,13,15H,1-3,8-11H2,(H,23,24)(H,19,20,21). The highest BCUT2D eigenvalue weighted by Gasteiger charge is 2.33. The highest BCUT2D eigenvalue weighted by molar-refractivity contribution is 8.00. The van der Waals surface area contributed by atoms with E-state index in [0.717, 1.165) is 12.8 Å². The summed E-state index contributed by atoms with van der Waals surface area (Å²) in [6.45, 7) is 2.34. The molecular formula is C18H22N4O2S. The molecule has 0 spiro atoms. The lowest BCUT2D eigenvalue weighted by Crippen LogP contribution is -2.29. The van der Waals surface area contributed by atoms with Crippen LogP contribution in [-0.2, 0) is 0 Å². The number of rotatable bonds is 5. The highest BCUT2D eigenvalue weighted by atomic mass is 32.2. The first-order chi connectivity index (χ1) is 12.2. The first kappa shape index (κ1) is 16.4. The van der Waals surface area contributed by atoms with Crippen molar-refractivity contribution in [2.45, 2.75) is 48.3 Å². The lowest BCUT2D eigenvalue weighted by atomic mass is 9.79. The van der Waals surface area contributed by atoms with Crippen LogP contribution in [0.25, 0.3) is 0 Å². The molecule has 1 saturated heterocycles. The molecule has 0 bridgehead atoms. The normalized spacial score (nSPS) is 23.3. The number of hydrogen-bond donors (Lipinski definition) is 2. The van der Waals surface area contributed by atoms with Gasteiger partial charge in [-0.05, 0) is 55.7 Å². The Morgan fingerprint density at radius 3 is 2.52 bits per heavy atom. The molecule has 0 unspecified atom stereocenters. The van der Waals surface area contributed by atoms with Gasteiger partial charge < -0.3 is 10.0 Å². The topological polar surface area (TPSA) is 82.1 Å². The lowest BCUT2D eigenvalue weighted by molar-refractivity contribution is 0.0686. The molecule has 1 saturated carbocycles. The van der Waals surface area contributed by atoms with Gasteiger partial charge in [0.25, 0.3) is 0 Å². The van der Waals surface area contributed by atoms with E-state index in [-0.39, 0.29) is 5.69 Å². The van der Waals surface area contributed by atoms with Crippen molar-refractivity contribution in [3.05, 3.63) is 35.5 Å². The molecule has 2 fully saturated rings. The van der Waals surface area contributed by atoms with Gasteiger partial charge in [0.1, 0.15) is 0 Å². The van der Waals surface area contributed by atoms with Gasteiger partial charge in [-0.15, -0.1) is 10.2 Å². The average molecular weight is 358 g/mol. The van der Waals surface area contributed by atoms with Gasteiger partial charge in [0, 0.05) is 24.0 Å². The number of aromatic amines is 1. The molecule has 1 aliphatic carbocycles. The Kier molecular flexibility index (Phi) is 4.65. The number of thioether (sulfide) groups is 1. The fourth-order valence-electron chi connectivity index (χ4n) is 3.64. The van der Waals surface area contributed by atoms with Gasteiger partial charge in [-0.1, -0.05) is 23.9 Å². The van der Waals surface area contributed by atoms with Crippen molar-refractivity contribution < 1.29 is 9.90 Å². The largest absolute Gasteiger partial charge is 0.476 e. The van der Waals surface area contributed by atoms with Crippen molar-refractivity contribution >= 4 is 23.4 Å². The molecule has 6 nitrogen and oxygen atoms in total. The van der Waals surface area contributed by atoms with E-state index < -0.39 is 5.97 Å². The summed E-state index contributed by atoms with van der Waals surface area (Å²) in [5.74, 6) is -0.464. The maximum Gasteiger partial charge on any atom is 0.359 e. The number of aromatic nitrogens is 3. The summed E-state index contributed by atoms with van der Waals surface area (Å²) in [5, 5.41) is 20.1. The minimum Gasteiger partial charge on any atom is -0.476 e. The van der Waals surface area contributed by atoms with E-state index in [1.807, 2.05) is 0 Å². The molecule has 0 atom stereocenters. The molecule has 2 heterocycles. The van der Waals surface area contributed by atoms with Crippen molar-refractivity contribution in [2.24, 2.45) is 0 Å². The fourth-order valence-corrected chi connectivity index (χ4v) is 4.95. The van der Waals surface area contributed by atoms with Gasteiger partial charge in [-0.25, -0.2) is 4.79 Å². The number of carboxylic acid groups (broad SMARTS) is 1. The zero-order valence-electron chi connectivity index (χ0n) is 14.0. The number of hydrogen-bond acceptors (Lipinski definition) is 5. The molecule has 25 heavy (non-hydrogen) atoms. The summed E-state index contributed by atoms with van der Waals surface area (Å²) >= 11 is 1.52. The molecule has 1 aromatic carbocycles. The first-order valence-electron chi connectivity index (χ1n) is 8.86. The SMILES string of the molecule is O=C(O)c1n[nH]nc1SC1CC(c2ccc(N3CCCCC3)cc2)C1. The second-order valence-electron chi connectivity index (χ2n) is 6.83. The van der Waals surface area contributed by atoms with Crippen LogP contribution in [-0.4, -0.2) is 44.8 Å². The van der Waals surface area contributed by atoms with E-state index in [0.29, 0.717) is 16.2 Å². The number of nitrogens with zero attached hydrogens (tertiary/aromatic N) is 3. The Balaban J connectivity index is 1.32. The molecule has 4 rings (SSSR count). The minimum atomic E-state index is -1.03. The van der Waals surface area contributed by atoms with Crippen molar-refractivity contribution in [2.75, 3.05) is 18.0 Å². The van der Waals surface area contributed by atoms with Gasteiger partial charge in [0.2, 0.25) is 5.69 Å². The Bertz CT molecular complexity index is 734. The summed E-state index contributed by atoms with van der Waals surface area (Å²) in [7, 11) is 0. The average Bonchev–Trinajstić information content (AvgIpc) is 3.07. The summed E-state index contributed by atoms with van der Waals surface area (Å²) in [6.07, 6.45) is 6.05. The zero-order valence-corrected chi connectivity index (χ0v) is 14.8. The van der Waals surface area contributed by atoms with E-state index in [9.17, 15) is 4.79 Å². The molecule has 0 amide bonds. The minimum absolute atomic E-state index is 0.0272. The molecular weight excluding hydrogens is 336 g/mol. The van der Waals surface area contributed by atoms with E-state index in [1.54, 1.807) is 0 Å². The third kappa shape index (κ3) is 3.51. The Morgan fingerprint density at radius 2 is 1.84 bits per heavy atom. The molecule has 132 valence electrons. The summed E-state index contributed by atoms with van der Waals surface area (Å²) in [5.41, 5.74) is 2.75. The molecule has 2 aromatic rings. The van der Waals surface area contributed by atoms with Crippen molar-refractivity contribution in [3.8, 4) is 0 Å². The third-order valence-electron chi connectivity index (χ3n) is 5.18. The van der Waals surface area contributed by atoms with Gasteiger partial charge in [-0.3, -0.25) is 0 Å². The van der Waals surface area contributed by atoms with E-state index in [1.165, 1.54) is 55.4 Å². The van der Waals surface area contributed by atoms with Gasteiger partial charge in [-0.2, -0.15) is 5.21 Å². The van der Waals surface area contributed by atoms with Crippen LogP contribution in [0.5, 0.6) is 0 Å². The fraction of sp³-hybridized carbons (Fsp3) is 0.500. The van der Waals surface area contributed by atoms with Crippen LogP contribution < -0.4 is 4.90 Å². The maximum atomic E-state index is 11.1. The Morgan fingerprint density at radius 1 is 1.12 bits per heavy atom. The van der Waals surface area contributed by atoms with Crippen LogP contribution in [0.2, 0.25) is 0 Å². The van der Waals surface area contributed by atoms with Crippen molar-refractivity contribution in [1.82, 2.24) is 15.4 Å². The summed E-state index contributed by atoms with van der Waals surface area (Å²) < 4.78 is 0. The number of benzene rings is 1. The predicted octanol–water partition coefficient (Wildman–Crippen LogP) is 3.53. The number of nitrogens with one attached hydrogen (secondary N) is 1. The quantitative estimate of drug-likeness (QED) is 0.851. The van der Waals surface area contributed by atoms with Gasteiger partial charge >= 0.3 is 5.97 Å². The van der Waals surface area contributed by atoms with E-state index in [4.69, 9.17) is 5.11 Å². The van der Waals surface area contributed by atoms with E-state index in [2.05, 4.69) is 44.6 Å². The monoisotopic (exact) mass is 358 g/mol. The maximum absolute atomic E-state index is 11.1. The second kappa shape index (κ2) is 7.07. The van der Waals surface area contributed by atoms with Crippen molar-refractivity contribution in [1.29, 1.82) is 0 Å². The van der Waals surface area contributed by atoms with Crippen LogP contribution in [0.3, 0.4) is 0 Å². The van der Waals surface area contributed by atoms with Crippen LogP contribution in [0, 0.1) is 0 Å². The number of H-pyrrole nitrogens is 1. The number of anilines is 1. The molecule has 7 heteroatoms. The third-order valence-corrected chi connectivity index (χ3v) is 6.40. The van der Waals surface area contributed by atoms with Gasteiger partial charge in [0.15, 0.2) is 5.03 Å². The van der Waals surface area contributed by atoms with Crippen LogP contribution >= 0.6 is 11.8 Å². The molecule has 1 aromatic heterocycles. The number of carbonyl (C=O) groups is 1. The van der Waals surface area contributed by atoms with Crippen molar-refractivity contribution in [3.63, 3.8) is 0 Å². The predicted molar refractivity (Wildman–Crippen MR) is 97.5 cm³/mol. The zero-order chi connectivity index (χ0) is 17.2. The van der Waals surface area contributed by atoms with Crippen LogP contribution in [0.4, 0.5) is 5.69 Å². The second-order valence-corrected chi connectivity index (χ2v) is 8.12. The summed E-state index contributed by atoms with van der Waals surface area (Å²) in [6, 6.07) is 9.02. The molecule has 0 radical (unpaired) electrons. The van der Waals surface area contributed by atoms with Crippen LogP contribution in [0.1, 0.15) is 54.1 Å². The summed E-state index contributed by atoms with van der Waals surface area (Å²) in [4.78, 5) is 13.6. The van der Waals surface area contributed by atoms with E-state index >= 15 is 0 Å². The lowest BCUT2D eigenvalue weighted by Gasteiger charge is -2.35. The molecule has 2 aliphatic rings. The number of carboxylic acids is 1. The highest BCUT2D eigenvalue weighted by Crippen LogP contribution is 2.46.